The van der Waals surface area contributed by atoms with Crippen LogP contribution in [0.3, 0.4) is 0 Å². The van der Waals surface area contributed by atoms with Gasteiger partial charge >= 0.3 is 0 Å². The van der Waals surface area contributed by atoms with Crippen molar-refractivity contribution in [2.45, 2.75) is 71.4 Å². The molecule has 0 aromatic rings. The van der Waals surface area contributed by atoms with Gasteiger partial charge in [-0.1, -0.05) is 20.8 Å². The molecule has 136 valence electrons. The van der Waals surface area contributed by atoms with Crippen molar-refractivity contribution < 1.29 is 14.4 Å². The zero-order valence-electron chi connectivity index (χ0n) is 15.2. The molecule has 0 radical (unpaired) electrons. The Kier molecular flexibility index (Phi) is 6.63. The second kappa shape index (κ2) is 8.49. The molecule has 2 heterocycles. The fraction of sp³-hybridized carbons (Fsp3) is 0.833. The summed E-state index contributed by atoms with van der Waals surface area (Å²) >= 11 is 0. The lowest BCUT2D eigenvalue weighted by molar-refractivity contribution is -0.146. The smallest absolute Gasteiger partial charge is 0.245 e. The van der Waals surface area contributed by atoms with E-state index in [2.05, 4.69) is 5.32 Å². The maximum atomic E-state index is 13.0. The van der Waals surface area contributed by atoms with E-state index in [0.29, 0.717) is 32.5 Å². The summed E-state index contributed by atoms with van der Waals surface area (Å²) in [6.45, 7) is 7.93. The van der Waals surface area contributed by atoms with E-state index in [9.17, 15) is 14.4 Å². The molecule has 0 spiro atoms. The van der Waals surface area contributed by atoms with Crippen LogP contribution in [0.25, 0.3) is 0 Å². The Morgan fingerprint density at radius 3 is 2.58 bits per heavy atom. The van der Waals surface area contributed by atoms with Crippen LogP contribution < -0.4 is 5.32 Å². The summed E-state index contributed by atoms with van der Waals surface area (Å²) in [6, 6.07) is -0.339. The second-order valence-corrected chi connectivity index (χ2v) is 7.32. The molecule has 2 unspecified atom stereocenters. The van der Waals surface area contributed by atoms with Crippen molar-refractivity contribution in [2.24, 2.45) is 5.92 Å². The Morgan fingerprint density at radius 2 is 2.00 bits per heavy atom. The van der Waals surface area contributed by atoms with Crippen LogP contribution in [0.1, 0.15) is 59.3 Å². The summed E-state index contributed by atoms with van der Waals surface area (Å²) in [6.07, 6.45) is 4.54. The van der Waals surface area contributed by atoms with E-state index in [1.54, 1.807) is 4.90 Å². The van der Waals surface area contributed by atoms with Crippen LogP contribution in [0.5, 0.6) is 0 Å². The second-order valence-electron chi connectivity index (χ2n) is 7.32. The fourth-order valence-electron chi connectivity index (χ4n) is 3.75. The van der Waals surface area contributed by atoms with Crippen molar-refractivity contribution in [2.75, 3.05) is 19.6 Å². The number of rotatable bonds is 6. The highest BCUT2D eigenvalue weighted by molar-refractivity contribution is 5.89. The number of carbonyl (C=O) groups excluding carboxylic acids is 3. The molecule has 0 saturated carbocycles. The van der Waals surface area contributed by atoms with Gasteiger partial charge in [-0.05, 0) is 31.6 Å². The number of nitrogens with zero attached hydrogens (tertiary/aromatic N) is 2. The zero-order valence-corrected chi connectivity index (χ0v) is 15.2. The fourth-order valence-corrected chi connectivity index (χ4v) is 3.75. The van der Waals surface area contributed by atoms with Gasteiger partial charge in [0.05, 0.1) is 0 Å². The first kappa shape index (κ1) is 18.7. The van der Waals surface area contributed by atoms with Gasteiger partial charge in [0.25, 0.3) is 0 Å². The molecular weight excluding hydrogens is 306 g/mol. The SMILES string of the molecule is CCCC(=O)NC1CCCN(C(=O)C(C(C)C)N2CCCC2=O)C1. The average Bonchev–Trinajstić information content (AvgIpc) is 2.93. The van der Waals surface area contributed by atoms with Gasteiger partial charge in [-0.25, -0.2) is 0 Å². The van der Waals surface area contributed by atoms with E-state index < -0.39 is 0 Å². The number of piperidine rings is 1. The third-order valence-corrected chi connectivity index (χ3v) is 4.91. The van der Waals surface area contributed by atoms with E-state index >= 15 is 0 Å². The third-order valence-electron chi connectivity index (χ3n) is 4.91. The van der Waals surface area contributed by atoms with E-state index in [0.717, 1.165) is 25.7 Å². The summed E-state index contributed by atoms with van der Waals surface area (Å²) in [5.74, 6) is 0.281. The number of carbonyl (C=O) groups is 3. The third kappa shape index (κ3) is 4.48. The van der Waals surface area contributed by atoms with Gasteiger partial charge in [-0.2, -0.15) is 0 Å². The van der Waals surface area contributed by atoms with Crippen LogP contribution in [0.2, 0.25) is 0 Å². The topological polar surface area (TPSA) is 69.7 Å². The van der Waals surface area contributed by atoms with Gasteiger partial charge in [0.2, 0.25) is 17.7 Å². The molecule has 0 aromatic carbocycles. The highest BCUT2D eigenvalue weighted by Gasteiger charge is 2.38. The summed E-state index contributed by atoms with van der Waals surface area (Å²) in [5, 5.41) is 3.04. The highest BCUT2D eigenvalue weighted by atomic mass is 16.2. The molecule has 0 bridgehead atoms. The van der Waals surface area contributed by atoms with Crippen LogP contribution in [-0.4, -0.2) is 59.2 Å². The van der Waals surface area contributed by atoms with Crippen LogP contribution in [0.4, 0.5) is 0 Å². The minimum Gasteiger partial charge on any atom is -0.352 e. The van der Waals surface area contributed by atoms with Crippen molar-refractivity contribution in [3.8, 4) is 0 Å². The molecule has 2 saturated heterocycles. The van der Waals surface area contributed by atoms with Crippen molar-refractivity contribution in [3.63, 3.8) is 0 Å². The number of likely N-dealkylation sites (tertiary alicyclic amines) is 2. The largest absolute Gasteiger partial charge is 0.352 e. The standard InChI is InChI=1S/C18H31N3O3/c1-4-7-15(22)19-14-8-5-10-20(12-14)18(24)17(13(2)3)21-11-6-9-16(21)23/h13-14,17H,4-12H2,1-3H3,(H,19,22). The lowest BCUT2D eigenvalue weighted by Crippen LogP contribution is -2.56. The first-order chi connectivity index (χ1) is 11.4. The average molecular weight is 337 g/mol. The first-order valence-electron chi connectivity index (χ1n) is 9.31. The molecule has 6 heteroatoms. The van der Waals surface area contributed by atoms with Gasteiger partial charge < -0.3 is 15.1 Å². The normalized spacial score (nSPS) is 22.8. The Hall–Kier alpha value is -1.59. The molecule has 2 aliphatic heterocycles. The maximum Gasteiger partial charge on any atom is 0.245 e. The molecule has 2 aliphatic rings. The Morgan fingerprint density at radius 1 is 1.25 bits per heavy atom. The highest BCUT2D eigenvalue weighted by Crippen LogP contribution is 2.22. The molecule has 0 aliphatic carbocycles. The van der Waals surface area contributed by atoms with Crippen molar-refractivity contribution in [1.29, 1.82) is 0 Å². The van der Waals surface area contributed by atoms with Gasteiger partial charge in [-0.3, -0.25) is 14.4 Å². The van der Waals surface area contributed by atoms with E-state index in [4.69, 9.17) is 0 Å². The van der Waals surface area contributed by atoms with Crippen molar-refractivity contribution in [3.05, 3.63) is 0 Å². The molecule has 24 heavy (non-hydrogen) atoms. The predicted molar refractivity (Wildman–Crippen MR) is 92.2 cm³/mol. The van der Waals surface area contributed by atoms with E-state index in [1.807, 2.05) is 25.7 Å². The van der Waals surface area contributed by atoms with E-state index in [1.165, 1.54) is 0 Å². The molecule has 2 rings (SSSR count). The molecule has 6 nitrogen and oxygen atoms in total. The molecule has 1 N–H and O–H groups in total. The Bertz CT molecular complexity index is 478. The van der Waals surface area contributed by atoms with Crippen LogP contribution >= 0.6 is 0 Å². The van der Waals surface area contributed by atoms with Crippen molar-refractivity contribution in [1.82, 2.24) is 15.1 Å². The van der Waals surface area contributed by atoms with Gasteiger partial charge in [0.15, 0.2) is 0 Å². The molecule has 0 aromatic heterocycles. The first-order valence-corrected chi connectivity index (χ1v) is 9.31. The summed E-state index contributed by atoms with van der Waals surface area (Å²) < 4.78 is 0. The van der Waals surface area contributed by atoms with Gasteiger partial charge in [0.1, 0.15) is 6.04 Å². The number of hydrogen-bond acceptors (Lipinski definition) is 3. The summed E-state index contributed by atoms with van der Waals surface area (Å²) in [4.78, 5) is 40.6. The summed E-state index contributed by atoms with van der Waals surface area (Å²) in [5.41, 5.74) is 0. The molecule has 2 atom stereocenters. The zero-order chi connectivity index (χ0) is 17.7. The number of nitrogens with one attached hydrogen (secondary N) is 1. The van der Waals surface area contributed by atoms with Gasteiger partial charge in [0, 0.05) is 38.5 Å². The van der Waals surface area contributed by atoms with Crippen molar-refractivity contribution >= 4 is 17.7 Å². The Labute approximate surface area is 144 Å². The lowest BCUT2D eigenvalue weighted by Gasteiger charge is -2.38. The molecule has 2 fully saturated rings. The number of hydrogen-bond donors (Lipinski definition) is 1. The quantitative estimate of drug-likeness (QED) is 0.799. The monoisotopic (exact) mass is 337 g/mol. The molecule has 3 amide bonds. The Balaban J connectivity index is 2.01. The number of amides is 3. The molecular formula is C18H31N3O3. The van der Waals surface area contributed by atoms with Gasteiger partial charge in [-0.15, -0.1) is 0 Å². The summed E-state index contributed by atoms with van der Waals surface area (Å²) in [7, 11) is 0. The van der Waals surface area contributed by atoms with Crippen LogP contribution in [0, 0.1) is 5.92 Å². The van der Waals surface area contributed by atoms with Crippen LogP contribution in [-0.2, 0) is 14.4 Å². The van der Waals surface area contributed by atoms with Crippen LogP contribution in [0.15, 0.2) is 0 Å². The van der Waals surface area contributed by atoms with E-state index in [-0.39, 0.29) is 35.7 Å². The minimum atomic E-state index is -0.370. The minimum absolute atomic E-state index is 0.0313. The lowest BCUT2D eigenvalue weighted by atomic mass is 9.98. The maximum absolute atomic E-state index is 13.0. The predicted octanol–water partition coefficient (Wildman–Crippen LogP) is 1.54.